The van der Waals surface area contributed by atoms with Crippen LogP contribution in [0.3, 0.4) is 0 Å². The van der Waals surface area contributed by atoms with Gasteiger partial charge in [0.25, 0.3) is 0 Å². The maximum absolute atomic E-state index is 12.9. The summed E-state index contributed by atoms with van der Waals surface area (Å²) in [6.07, 6.45) is 1.06. The van der Waals surface area contributed by atoms with Crippen molar-refractivity contribution in [3.05, 3.63) is 138 Å². The topological polar surface area (TPSA) is 120 Å². The fourth-order valence-electron chi connectivity index (χ4n) is 6.43. The van der Waals surface area contributed by atoms with Crippen LogP contribution in [0.4, 0.5) is 9.59 Å². The van der Waals surface area contributed by atoms with E-state index in [2.05, 4.69) is 22.4 Å². The van der Waals surface area contributed by atoms with E-state index in [4.69, 9.17) is 9.47 Å². The number of carbonyl (C=O) groups is 3. The molecular weight excluding hydrogens is 570 g/mol. The predicted molar refractivity (Wildman–Crippen MR) is 166 cm³/mol. The molecule has 0 fully saturated rings. The first-order chi connectivity index (χ1) is 22.0. The summed E-state index contributed by atoms with van der Waals surface area (Å²) in [7, 11) is 0. The molecule has 0 saturated carbocycles. The second-order valence-electron chi connectivity index (χ2n) is 11.1. The highest BCUT2D eigenvalue weighted by Gasteiger charge is 2.31. The molecule has 2 aliphatic carbocycles. The van der Waals surface area contributed by atoms with Gasteiger partial charge < -0.3 is 19.9 Å². The van der Waals surface area contributed by atoms with Gasteiger partial charge in [0.1, 0.15) is 25.6 Å². The molecule has 45 heavy (non-hydrogen) atoms. The van der Waals surface area contributed by atoms with Gasteiger partial charge in [0, 0.05) is 24.5 Å². The van der Waals surface area contributed by atoms with E-state index in [0.29, 0.717) is 5.69 Å². The lowest BCUT2D eigenvalue weighted by Crippen LogP contribution is -2.43. The van der Waals surface area contributed by atoms with Crippen LogP contribution < -0.4 is 5.32 Å². The average Bonchev–Trinajstić information content (AvgIpc) is 3.75. The van der Waals surface area contributed by atoms with Crippen molar-refractivity contribution < 1.29 is 29.0 Å². The lowest BCUT2D eigenvalue weighted by atomic mass is 9.98. The number of fused-ring (bicyclic) bond motifs is 6. The van der Waals surface area contributed by atoms with E-state index in [-0.39, 0.29) is 31.5 Å². The van der Waals surface area contributed by atoms with Gasteiger partial charge in [-0.05, 0) is 44.5 Å². The number of carbonyl (C=O) groups excluding carboxylic acids is 2. The zero-order chi connectivity index (χ0) is 30.9. The molecule has 1 heterocycles. The van der Waals surface area contributed by atoms with Crippen LogP contribution in [0.25, 0.3) is 22.3 Å². The zero-order valence-corrected chi connectivity index (χ0v) is 24.1. The van der Waals surface area contributed by atoms with Crippen molar-refractivity contribution in [1.82, 2.24) is 14.9 Å². The number of nitrogens with zero attached hydrogens (tertiary/aromatic N) is 2. The van der Waals surface area contributed by atoms with Crippen LogP contribution >= 0.6 is 0 Å². The van der Waals surface area contributed by atoms with E-state index in [1.54, 1.807) is 0 Å². The lowest BCUT2D eigenvalue weighted by molar-refractivity contribution is -0.139. The number of aliphatic carboxylic acids is 1. The third-order valence-electron chi connectivity index (χ3n) is 8.53. The number of hydrogen-bond acceptors (Lipinski definition) is 6. The molecular formula is C36H29N3O6. The largest absolute Gasteiger partial charge is 0.480 e. The minimum absolute atomic E-state index is 0.0581. The monoisotopic (exact) mass is 599 g/mol. The number of alkyl carbamates (subject to hydrolysis) is 1. The fraction of sp³-hybridized carbons (Fsp3) is 0.167. The predicted octanol–water partition coefficient (Wildman–Crippen LogP) is 6.21. The third kappa shape index (κ3) is 5.33. The van der Waals surface area contributed by atoms with Crippen molar-refractivity contribution in [3.63, 3.8) is 0 Å². The highest BCUT2D eigenvalue weighted by atomic mass is 16.6. The van der Waals surface area contributed by atoms with Gasteiger partial charge in [-0.1, -0.05) is 97.1 Å². The highest BCUT2D eigenvalue weighted by molar-refractivity contribution is 5.82. The summed E-state index contributed by atoms with van der Waals surface area (Å²) in [6.45, 7) is 0.198. The van der Waals surface area contributed by atoms with Gasteiger partial charge in [-0.3, -0.25) is 0 Å². The zero-order valence-electron chi connectivity index (χ0n) is 24.1. The SMILES string of the molecule is O=C(N[C@@H](Cc1cn(C(=O)OCC2c3ccccc3-c3ccccc32)cn1)C(=O)O)OCC1c2ccccc2-c2ccccc21. The van der Waals surface area contributed by atoms with E-state index in [0.717, 1.165) is 44.5 Å². The number of rotatable bonds is 8. The van der Waals surface area contributed by atoms with Crippen LogP contribution in [0.2, 0.25) is 0 Å². The second kappa shape index (κ2) is 11.8. The standard InChI is InChI=1S/C36H29N3O6/c40-34(41)33(38-35(42)44-19-31-27-13-5-1-9-23(27)24-10-2-6-14-28(24)31)17-22-18-39(21-37-22)36(43)45-20-32-29-15-7-3-11-25(29)26-12-4-8-16-30(26)32/h1-16,18,21,31-33H,17,19-20H2,(H,38,42)(H,40,41)/t33-/m0/s1. The molecule has 9 heteroatoms. The molecule has 0 aliphatic heterocycles. The van der Waals surface area contributed by atoms with Crippen molar-refractivity contribution >= 4 is 18.2 Å². The maximum Gasteiger partial charge on any atom is 0.419 e. The van der Waals surface area contributed by atoms with Gasteiger partial charge in [-0.25, -0.2) is 23.9 Å². The van der Waals surface area contributed by atoms with Crippen LogP contribution in [0.1, 0.15) is 39.8 Å². The van der Waals surface area contributed by atoms with Crippen molar-refractivity contribution in [3.8, 4) is 22.3 Å². The number of amides is 1. The summed E-state index contributed by atoms with van der Waals surface area (Å²) < 4.78 is 12.4. The molecule has 9 nitrogen and oxygen atoms in total. The Kier molecular flexibility index (Phi) is 7.34. The summed E-state index contributed by atoms with van der Waals surface area (Å²) in [5, 5.41) is 12.2. The number of nitrogens with one attached hydrogen (secondary N) is 1. The number of imidazole rings is 1. The Morgan fingerprint density at radius 2 is 1.16 bits per heavy atom. The van der Waals surface area contributed by atoms with Gasteiger partial charge in [-0.2, -0.15) is 0 Å². The molecule has 0 saturated heterocycles. The molecule has 7 rings (SSSR count). The number of ether oxygens (including phenoxy) is 2. The minimum atomic E-state index is -1.31. The molecule has 1 aromatic heterocycles. The van der Waals surface area contributed by atoms with Gasteiger partial charge >= 0.3 is 18.2 Å². The first-order valence-electron chi connectivity index (χ1n) is 14.7. The molecule has 4 aromatic carbocycles. The molecule has 5 aromatic rings. The summed E-state index contributed by atoms with van der Waals surface area (Å²) >= 11 is 0. The van der Waals surface area contributed by atoms with E-state index in [1.165, 1.54) is 17.1 Å². The highest BCUT2D eigenvalue weighted by Crippen LogP contribution is 2.45. The smallest absolute Gasteiger partial charge is 0.419 e. The van der Waals surface area contributed by atoms with Gasteiger partial charge in [0.05, 0.1) is 5.69 Å². The minimum Gasteiger partial charge on any atom is -0.480 e. The van der Waals surface area contributed by atoms with Crippen LogP contribution in [-0.4, -0.2) is 52.1 Å². The normalized spacial score (nSPS) is 13.7. The Bertz CT molecular complexity index is 1840. The first kappa shape index (κ1) is 28.1. The molecule has 0 unspecified atom stereocenters. The van der Waals surface area contributed by atoms with E-state index < -0.39 is 24.2 Å². The Morgan fingerprint density at radius 3 is 1.62 bits per heavy atom. The van der Waals surface area contributed by atoms with E-state index >= 15 is 0 Å². The average molecular weight is 600 g/mol. The van der Waals surface area contributed by atoms with Crippen molar-refractivity contribution in [2.75, 3.05) is 13.2 Å². The van der Waals surface area contributed by atoms with Crippen LogP contribution in [0.15, 0.2) is 110 Å². The number of carboxylic acid groups (broad SMARTS) is 1. The molecule has 2 aliphatic rings. The third-order valence-corrected chi connectivity index (χ3v) is 8.53. The molecule has 1 amide bonds. The number of aromatic nitrogens is 2. The van der Waals surface area contributed by atoms with Crippen LogP contribution in [-0.2, 0) is 20.7 Å². The van der Waals surface area contributed by atoms with Crippen molar-refractivity contribution in [2.45, 2.75) is 24.3 Å². The Hall–Kier alpha value is -5.70. The molecule has 224 valence electrons. The van der Waals surface area contributed by atoms with Crippen molar-refractivity contribution in [1.29, 1.82) is 0 Å². The lowest BCUT2D eigenvalue weighted by Gasteiger charge is -2.17. The summed E-state index contributed by atoms with van der Waals surface area (Å²) in [5.41, 5.74) is 9.05. The van der Waals surface area contributed by atoms with Gasteiger partial charge in [0.2, 0.25) is 0 Å². The summed E-state index contributed by atoms with van der Waals surface area (Å²) in [4.78, 5) is 41.9. The van der Waals surface area contributed by atoms with Gasteiger partial charge in [-0.15, -0.1) is 0 Å². The van der Waals surface area contributed by atoms with E-state index in [9.17, 15) is 19.5 Å². The summed E-state index contributed by atoms with van der Waals surface area (Å²) in [5.74, 6) is -1.50. The molecule has 0 bridgehead atoms. The molecule has 0 radical (unpaired) electrons. The van der Waals surface area contributed by atoms with Crippen LogP contribution in [0, 0.1) is 0 Å². The molecule has 0 spiro atoms. The summed E-state index contributed by atoms with van der Waals surface area (Å²) in [6, 6.07) is 30.7. The van der Waals surface area contributed by atoms with Crippen molar-refractivity contribution in [2.24, 2.45) is 0 Å². The number of hydrogen-bond donors (Lipinski definition) is 2. The second-order valence-corrected chi connectivity index (χ2v) is 11.1. The Labute approximate surface area is 259 Å². The number of benzene rings is 4. The van der Waals surface area contributed by atoms with Gasteiger partial charge in [0.15, 0.2) is 0 Å². The molecule has 2 N–H and O–H groups in total. The maximum atomic E-state index is 12.9. The first-order valence-corrected chi connectivity index (χ1v) is 14.7. The Morgan fingerprint density at radius 1 is 0.711 bits per heavy atom. The molecule has 1 atom stereocenters. The van der Waals surface area contributed by atoms with E-state index in [1.807, 2.05) is 84.9 Å². The van der Waals surface area contributed by atoms with Crippen LogP contribution in [0.5, 0.6) is 0 Å². The Balaban J connectivity index is 0.963. The quantitative estimate of drug-likeness (QED) is 0.217. The number of carboxylic acids is 1. The fourth-order valence-corrected chi connectivity index (χ4v) is 6.43.